The molecule has 2 aliphatic rings. The van der Waals surface area contributed by atoms with E-state index in [1.54, 1.807) is 0 Å². The van der Waals surface area contributed by atoms with Crippen LogP contribution in [0.3, 0.4) is 0 Å². The number of carbonyl (C=O) groups is 1. The molecule has 6 nitrogen and oxygen atoms in total. The highest BCUT2D eigenvalue weighted by Gasteiger charge is 2.29. The van der Waals surface area contributed by atoms with Crippen molar-refractivity contribution in [1.82, 2.24) is 19.8 Å². The van der Waals surface area contributed by atoms with E-state index >= 15 is 0 Å². The van der Waals surface area contributed by atoms with Gasteiger partial charge in [-0.1, -0.05) is 27.7 Å². The predicted molar refractivity (Wildman–Crippen MR) is 104 cm³/mol. The fourth-order valence-corrected chi connectivity index (χ4v) is 3.83. The van der Waals surface area contributed by atoms with E-state index in [1.165, 1.54) is 0 Å². The molecule has 3 rings (SSSR count). The molecule has 1 amide bonds. The number of piperazine rings is 1. The molecule has 1 aromatic rings. The molecule has 0 radical (unpaired) electrons. The summed E-state index contributed by atoms with van der Waals surface area (Å²) in [4.78, 5) is 29.0. The Bertz CT molecular complexity index is 659. The fourth-order valence-electron chi connectivity index (χ4n) is 3.83. The van der Waals surface area contributed by atoms with Crippen LogP contribution in [0.15, 0.2) is 0 Å². The fraction of sp³-hybridized carbons (Fsp3) is 0.750. The topological polar surface area (TPSA) is 52.6 Å². The van der Waals surface area contributed by atoms with Gasteiger partial charge in [-0.2, -0.15) is 0 Å². The summed E-state index contributed by atoms with van der Waals surface area (Å²) >= 11 is 0. The Labute approximate surface area is 157 Å². The summed E-state index contributed by atoms with van der Waals surface area (Å²) in [5, 5.41) is 0. The number of fused-ring (bicyclic) bond motifs is 1. The first-order chi connectivity index (χ1) is 12.3. The number of nitrogens with zero attached hydrogens (tertiary/aromatic N) is 5. The molecule has 1 aromatic heterocycles. The summed E-state index contributed by atoms with van der Waals surface area (Å²) in [6.07, 6.45) is 1.41. The summed E-state index contributed by atoms with van der Waals surface area (Å²) in [5.74, 6) is 2.13. The Balaban J connectivity index is 1.81. The van der Waals surface area contributed by atoms with Crippen molar-refractivity contribution < 1.29 is 4.79 Å². The SMILES string of the molecule is CCN1CCN(c2nc(C)nc3c2CN(C(=O)CC(C)(C)C)CC3)CC1. The van der Waals surface area contributed by atoms with Crippen molar-refractivity contribution in [3.05, 3.63) is 17.1 Å². The Morgan fingerprint density at radius 3 is 2.38 bits per heavy atom. The van der Waals surface area contributed by atoms with Gasteiger partial charge in [0, 0.05) is 51.1 Å². The van der Waals surface area contributed by atoms with Crippen LogP contribution in [0.25, 0.3) is 0 Å². The lowest BCUT2D eigenvalue weighted by Crippen LogP contribution is -2.47. The maximum atomic E-state index is 12.7. The molecule has 0 N–H and O–H groups in total. The molecule has 0 saturated carbocycles. The Hall–Kier alpha value is -1.69. The molecule has 0 spiro atoms. The molecule has 0 bridgehead atoms. The van der Waals surface area contributed by atoms with E-state index in [4.69, 9.17) is 4.98 Å². The van der Waals surface area contributed by atoms with Crippen LogP contribution in [0.4, 0.5) is 5.82 Å². The first kappa shape index (κ1) is 19.1. The molecule has 26 heavy (non-hydrogen) atoms. The number of anilines is 1. The van der Waals surface area contributed by atoms with Crippen molar-refractivity contribution in [2.24, 2.45) is 5.41 Å². The molecular weight excluding hydrogens is 326 g/mol. The van der Waals surface area contributed by atoms with E-state index in [9.17, 15) is 4.79 Å². The summed E-state index contributed by atoms with van der Waals surface area (Å²) in [6.45, 7) is 17.2. The number of hydrogen-bond acceptors (Lipinski definition) is 5. The molecule has 1 fully saturated rings. The number of amides is 1. The highest BCUT2D eigenvalue weighted by molar-refractivity contribution is 5.77. The minimum atomic E-state index is 0.0143. The minimum Gasteiger partial charge on any atom is -0.354 e. The van der Waals surface area contributed by atoms with E-state index < -0.39 is 0 Å². The second kappa shape index (κ2) is 7.51. The average Bonchev–Trinajstić information content (AvgIpc) is 2.59. The van der Waals surface area contributed by atoms with E-state index in [0.29, 0.717) is 13.0 Å². The number of aryl methyl sites for hydroxylation is 1. The number of hydrogen-bond donors (Lipinski definition) is 0. The van der Waals surface area contributed by atoms with Crippen molar-refractivity contribution in [2.45, 2.75) is 54.0 Å². The summed E-state index contributed by atoms with van der Waals surface area (Å²) in [7, 11) is 0. The van der Waals surface area contributed by atoms with Gasteiger partial charge < -0.3 is 14.7 Å². The minimum absolute atomic E-state index is 0.0143. The molecule has 0 atom stereocenters. The first-order valence-electron chi connectivity index (χ1n) is 9.88. The van der Waals surface area contributed by atoms with Crippen molar-refractivity contribution in [1.29, 1.82) is 0 Å². The zero-order chi connectivity index (χ0) is 18.9. The summed E-state index contributed by atoms with van der Waals surface area (Å²) in [6, 6.07) is 0. The van der Waals surface area contributed by atoms with Crippen LogP contribution in [0.1, 0.15) is 51.2 Å². The molecule has 3 heterocycles. The lowest BCUT2D eigenvalue weighted by atomic mass is 9.91. The third-order valence-electron chi connectivity index (χ3n) is 5.30. The maximum Gasteiger partial charge on any atom is 0.223 e. The average molecular weight is 360 g/mol. The van der Waals surface area contributed by atoms with Gasteiger partial charge in [0.05, 0.1) is 12.2 Å². The molecule has 6 heteroatoms. The highest BCUT2D eigenvalue weighted by atomic mass is 16.2. The van der Waals surface area contributed by atoms with Gasteiger partial charge in [-0.15, -0.1) is 0 Å². The van der Waals surface area contributed by atoms with Gasteiger partial charge >= 0.3 is 0 Å². The lowest BCUT2D eigenvalue weighted by Gasteiger charge is -2.38. The quantitative estimate of drug-likeness (QED) is 0.828. The monoisotopic (exact) mass is 359 g/mol. The molecule has 2 aliphatic heterocycles. The van der Waals surface area contributed by atoms with Crippen molar-refractivity contribution >= 4 is 11.7 Å². The molecule has 1 saturated heterocycles. The zero-order valence-electron chi connectivity index (χ0n) is 17.0. The van der Waals surface area contributed by atoms with Crippen LogP contribution in [-0.2, 0) is 17.8 Å². The van der Waals surface area contributed by atoms with Gasteiger partial charge in [0.25, 0.3) is 0 Å². The van der Waals surface area contributed by atoms with E-state index in [1.807, 2.05) is 11.8 Å². The first-order valence-corrected chi connectivity index (χ1v) is 9.88. The van der Waals surface area contributed by atoms with Crippen molar-refractivity contribution in [2.75, 3.05) is 44.2 Å². The highest BCUT2D eigenvalue weighted by Crippen LogP contribution is 2.29. The van der Waals surface area contributed by atoms with Crippen LogP contribution in [0.5, 0.6) is 0 Å². The van der Waals surface area contributed by atoms with Gasteiger partial charge in [-0.25, -0.2) is 9.97 Å². The zero-order valence-corrected chi connectivity index (χ0v) is 17.0. The number of likely N-dealkylation sites (N-methyl/N-ethyl adjacent to an activating group) is 1. The summed E-state index contributed by atoms with van der Waals surface area (Å²) in [5.41, 5.74) is 2.31. The number of rotatable bonds is 3. The maximum absolute atomic E-state index is 12.7. The normalized spacial score (nSPS) is 18.8. The largest absolute Gasteiger partial charge is 0.354 e. The van der Waals surface area contributed by atoms with Gasteiger partial charge in [0.15, 0.2) is 0 Å². The smallest absolute Gasteiger partial charge is 0.223 e. The Kier molecular flexibility index (Phi) is 5.51. The molecule has 0 aromatic carbocycles. The molecule has 144 valence electrons. The third kappa shape index (κ3) is 4.34. The van der Waals surface area contributed by atoms with Crippen molar-refractivity contribution in [3.63, 3.8) is 0 Å². The van der Waals surface area contributed by atoms with Gasteiger partial charge in [-0.3, -0.25) is 4.79 Å². The van der Waals surface area contributed by atoms with Crippen LogP contribution < -0.4 is 4.90 Å². The Morgan fingerprint density at radius 1 is 1.08 bits per heavy atom. The number of aromatic nitrogens is 2. The van der Waals surface area contributed by atoms with Crippen LogP contribution in [-0.4, -0.2) is 64.9 Å². The lowest BCUT2D eigenvalue weighted by molar-refractivity contribution is -0.134. The van der Waals surface area contributed by atoms with Gasteiger partial charge in [0.1, 0.15) is 11.6 Å². The van der Waals surface area contributed by atoms with Gasteiger partial charge in [0.2, 0.25) is 5.91 Å². The second-order valence-electron chi connectivity index (χ2n) is 8.74. The second-order valence-corrected chi connectivity index (χ2v) is 8.74. The predicted octanol–water partition coefficient (Wildman–Crippen LogP) is 2.25. The van der Waals surface area contributed by atoms with E-state index in [0.717, 1.165) is 68.6 Å². The Morgan fingerprint density at radius 2 is 1.77 bits per heavy atom. The summed E-state index contributed by atoms with van der Waals surface area (Å²) < 4.78 is 0. The molecule has 0 aliphatic carbocycles. The molecule has 0 unspecified atom stereocenters. The van der Waals surface area contributed by atoms with E-state index in [-0.39, 0.29) is 11.3 Å². The van der Waals surface area contributed by atoms with Gasteiger partial charge in [-0.05, 0) is 18.9 Å². The standard InChI is InChI=1S/C20H33N5O/c1-6-23-9-11-24(12-10-23)19-16-14-25(18(26)13-20(3,4)5)8-7-17(16)21-15(2)22-19/h6-14H2,1-5H3. The molecular formula is C20H33N5O. The van der Waals surface area contributed by atoms with E-state index in [2.05, 4.69) is 42.5 Å². The third-order valence-corrected chi connectivity index (χ3v) is 5.30. The van der Waals surface area contributed by atoms with Crippen LogP contribution in [0, 0.1) is 12.3 Å². The van der Waals surface area contributed by atoms with Crippen LogP contribution >= 0.6 is 0 Å². The van der Waals surface area contributed by atoms with Crippen molar-refractivity contribution in [3.8, 4) is 0 Å². The van der Waals surface area contributed by atoms with Crippen LogP contribution in [0.2, 0.25) is 0 Å². The number of carbonyl (C=O) groups excluding carboxylic acids is 1.